The van der Waals surface area contributed by atoms with Crippen LogP contribution in [0.25, 0.3) is 0 Å². The number of hydrogen-bond acceptors (Lipinski definition) is 6. The van der Waals surface area contributed by atoms with Gasteiger partial charge in [-0.15, -0.1) is 0 Å². The van der Waals surface area contributed by atoms with Crippen molar-refractivity contribution in [3.63, 3.8) is 0 Å². The quantitative estimate of drug-likeness (QED) is 0.721. The molecule has 34 heavy (non-hydrogen) atoms. The van der Waals surface area contributed by atoms with Crippen LogP contribution < -0.4 is 11.2 Å². The smallest absolute Gasteiger partial charge is 0.332 e. The lowest BCUT2D eigenvalue weighted by molar-refractivity contribution is -0.00651. The molecule has 2 fully saturated rings. The summed E-state index contributed by atoms with van der Waals surface area (Å²) in [6.45, 7) is 3.33. The van der Waals surface area contributed by atoms with Gasteiger partial charge in [-0.1, -0.05) is 25.0 Å². The Morgan fingerprint density at radius 1 is 0.941 bits per heavy atom. The lowest BCUT2D eigenvalue weighted by Crippen LogP contribution is -2.55. The zero-order chi connectivity index (χ0) is 23.8. The van der Waals surface area contributed by atoms with Crippen molar-refractivity contribution in [3.8, 4) is 5.75 Å². The average molecular weight is 473 g/mol. The summed E-state index contributed by atoms with van der Waals surface area (Å²) in [5.41, 5.74) is -0.900. The van der Waals surface area contributed by atoms with E-state index in [1.807, 2.05) is 0 Å². The number of aromatic nitrogens is 2. The SMILES string of the molecule is O=C1c2c(O)c(=O)n(C3CCCCC3N3CCOCC3)c(=O)n2CCN1Cc1ccc(F)cc1. The van der Waals surface area contributed by atoms with E-state index in [9.17, 15) is 23.9 Å². The van der Waals surface area contributed by atoms with Gasteiger partial charge in [0.25, 0.3) is 11.5 Å². The molecule has 2 unspecified atom stereocenters. The van der Waals surface area contributed by atoms with Crippen molar-refractivity contribution in [2.45, 2.75) is 50.9 Å². The fraction of sp³-hybridized carbons (Fsp3) is 0.542. The Bertz CT molecular complexity index is 1190. The molecule has 1 aliphatic carbocycles. The van der Waals surface area contributed by atoms with E-state index in [1.54, 1.807) is 12.1 Å². The standard InChI is InChI=1S/C24H29FN4O5/c25-17-7-5-16(6-8-17)15-27-9-10-28-20(22(27)31)21(30)23(32)29(24(28)33)19-4-2-1-3-18(19)26-11-13-34-14-12-26/h5-8,18-19,30H,1-4,9-15H2. The molecule has 1 aromatic heterocycles. The molecule has 1 aromatic carbocycles. The Morgan fingerprint density at radius 2 is 1.62 bits per heavy atom. The van der Waals surface area contributed by atoms with Crippen molar-refractivity contribution in [1.29, 1.82) is 0 Å². The number of hydrogen-bond donors (Lipinski definition) is 1. The van der Waals surface area contributed by atoms with Gasteiger partial charge in [-0.25, -0.2) is 9.18 Å². The number of morpholine rings is 1. The largest absolute Gasteiger partial charge is 0.501 e. The number of carbonyl (C=O) groups is 1. The summed E-state index contributed by atoms with van der Waals surface area (Å²) in [6.07, 6.45) is 3.44. The fourth-order valence-corrected chi connectivity index (χ4v) is 5.53. The molecule has 9 nitrogen and oxygen atoms in total. The van der Waals surface area contributed by atoms with E-state index in [2.05, 4.69) is 4.90 Å². The van der Waals surface area contributed by atoms with Crippen molar-refractivity contribution in [2.24, 2.45) is 0 Å². The van der Waals surface area contributed by atoms with E-state index in [-0.39, 0.29) is 43.2 Å². The van der Waals surface area contributed by atoms with Gasteiger partial charge in [0.1, 0.15) is 5.82 Å². The molecule has 0 bridgehead atoms. The third kappa shape index (κ3) is 4.05. The van der Waals surface area contributed by atoms with Crippen LogP contribution in [0.2, 0.25) is 0 Å². The number of fused-ring (bicyclic) bond motifs is 1. The van der Waals surface area contributed by atoms with E-state index in [0.29, 0.717) is 25.2 Å². The summed E-state index contributed by atoms with van der Waals surface area (Å²) in [4.78, 5) is 43.7. The minimum Gasteiger partial charge on any atom is -0.501 e. The first-order valence-corrected chi connectivity index (χ1v) is 11.9. The van der Waals surface area contributed by atoms with Crippen LogP contribution in [0.5, 0.6) is 5.75 Å². The Hall–Kier alpha value is -2.98. The zero-order valence-electron chi connectivity index (χ0n) is 19.0. The fourth-order valence-electron chi connectivity index (χ4n) is 5.53. The average Bonchev–Trinajstić information content (AvgIpc) is 2.86. The molecular weight excluding hydrogens is 443 g/mol. The number of rotatable bonds is 4. The summed E-state index contributed by atoms with van der Waals surface area (Å²) in [5.74, 6) is -1.63. The number of halogens is 1. The summed E-state index contributed by atoms with van der Waals surface area (Å²) in [6, 6.07) is 5.44. The Labute approximate surface area is 196 Å². The van der Waals surface area contributed by atoms with Gasteiger partial charge in [-0.05, 0) is 30.5 Å². The molecule has 182 valence electrons. The molecule has 1 N–H and O–H groups in total. The number of carbonyl (C=O) groups excluding carboxylic acids is 1. The zero-order valence-corrected chi connectivity index (χ0v) is 19.0. The van der Waals surface area contributed by atoms with Gasteiger partial charge in [0.15, 0.2) is 5.69 Å². The van der Waals surface area contributed by atoms with Gasteiger partial charge >= 0.3 is 5.69 Å². The molecule has 0 spiro atoms. The van der Waals surface area contributed by atoms with Crippen LogP contribution in [0.4, 0.5) is 4.39 Å². The van der Waals surface area contributed by atoms with Gasteiger partial charge < -0.3 is 14.7 Å². The van der Waals surface area contributed by atoms with Crippen molar-refractivity contribution in [2.75, 3.05) is 32.8 Å². The molecule has 3 heterocycles. The normalized spacial score (nSPS) is 23.7. The van der Waals surface area contributed by atoms with E-state index >= 15 is 0 Å². The summed E-state index contributed by atoms with van der Waals surface area (Å²) in [7, 11) is 0. The monoisotopic (exact) mass is 472 g/mol. The Balaban J connectivity index is 1.49. The molecule has 1 saturated heterocycles. The Morgan fingerprint density at radius 3 is 2.32 bits per heavy atom. The van der Waals surface area contributed by atoms with Crippen molar-refractivity contribution < 1.29 is 19.0 Å². The molecule has 2 aliphatic heterocycles. The predicted octanol–water partition coefficient (Wildman–Crippen LogP) is 1.33. The van der Waals surface area contributed by atoms with E-state index in [1.165, 1.54) is 26.2 Å². The number of aromatic hydroxyl groups is 1. The molecule has 3 aliphatic rings. The first kappa shape index (κ1) is 22.8. The first-order valence-electron chi connectivity index (χ1n) is 11.9. The number of amides is 1. The van der Waals surface area contributed by atoms with E-state index < -0.39 is 22.9 Å². The summed E-state index contributed by atoms with van der Waals surface area (Å²) in [5, 5.41) is 10.8. The van der Waals surface area contributed by atoms with Crippen LogP contribution in [0.15, 0.2) is 33.9 Å². The highest BCUT2D eigenvalue weighted by Gasteiger charge is 2.38. The minimum absolute atomic E-state index is 0.00960. The van der Waals surface area contributed by atoms with Crippen molar-refractivity contribution >= 4 is 5.91 Å². The molecule has 2 atom stereocenters. The number of ether oxygens (including phenoxy) is 1. The molecule has 0 radical (unpaired) electrons. The molecular formula is C24H29FN4O5. The lowest BCUT2D eigenvalue weighted by atomic mass is 9.88. The van der Waals surface area contributed by atoms with Gasteiger partial charge in [-0.2, -0.15) is 0 Å². The Kier molecular flexibility index (Phi) is 6.26. The molecule has 1 amide bonds. The highest BCUT2D eigenvalue weighted by atomic mass is 19.1. The summed E-state index contributed by atoms with van der Waals surface area (Å²) >= 11 is 0. The van der Waals surface area contributed by atoms with Gasteiger partial charge in [-0.3, -0.25) is 23.6 Å². The maximum atomic E-state index is 13.5. The topological polar surface area (TPSA) is 97.0 Å². The first-order chi connectivity index (χ1) is 16.5. The second-order valence-corrected chi connectivity index (χ2v) is 9.23. The third-order valence-corrected chi connectivity index (χ3v) is 7.26. The molecule has 1 saturated carbocycles. The number of benzene rings is 1. The minimum atomic E-state index is -0.807. The maximum Gasteiger partial charge on any atom is 0.332 e. The van der Waals surface area contributed by atoms with Crippen LogP contribution in [0.1, 0.15) is 47.8 Å². The third-order valence-electron chi connectivity index (χ3n) is 7.26. The highest BCUT2D eigenvalue weighted by molar-refractivity contribution is 5.95. The van der Waals surface area contributed by atoms with Crippen LogP contribution in [0.3, 0.4) is 0 Å². The number of nitrogens with zero attached hydrogens (tertiary/aromatic N) is 4. The maximum absolute atomic E-state index is 13.5. The summed E-state index contributed by atoms with van der Waals surface area (Å²) < 4.78 is 21.1. The van der Waals surface area contributed by atoms with Gasteiger partial charge in [0, 0.05) is 38.8 Å². The van der Waals surface area contributed by atoms with Gasteiger partial charge in [0.05, 0.1) is 19.3 Å². The van der Waals surface area contributed by atoms with Crippen molar-refractivity contribution in [3.05, 3.63) is 62.2 Å². The van der Waals surface area contributed by atoms with Crippen LogP contribution in [-0.2, 0) is 17.8 Å². The molecule has 5 rings (SSSR count). The van der Waals surface area contributed by atoms with Gasteiger partial charge in [0.2, 0.25) is 5.75 Å². The van der Waals surface area contributed by atoms with Crippen LogP contribution in [-0.4, -0.2) is 68.8 Å². The van der Waals surface area contributed by atoms with Crippen LogP contribution in [0, 0.1) is 5.82 Å². The van der Waals surface area contributed by atoms with Crippen molar-refractivity contribution in [1.82, 2.24) is 18.9 Å². The molecule has 10 heteroatoms. The molecule has 2 aromatic rings. The highest BCUT2D eigenvalue weighted by Crippen LogP contribution is 2.32. The van der Waals surface area contributed by atoms with Crippen LogP contribution >= 0.6 is 0 Å². The van der Waals surface area contributed by atoms with E-state index in [4.69, 9.17) is 4.74 Å². The lowest BCUT2D eigenvalue weighted by Gasteiger charge is -2.42. The van der Waals surface area contributed by atoms with E-state index in [0.717, 1.165) is 32.4 Å². The second-order valence-electron chi connectivity index (χ2n) is 9.23. The second kappa shape index (κ2) is 9.34. The predicted molar refractivity (Wildman–Crippen MR) is 121 cm³/mol.